The van der Waals surface area contributed by atoms with Crippen molar-refractivity contribution in [2.45, 2.75) is 13.5 Å². The van der Waals surface area contributed by atoms with Crippen LogP contribution in [-0.2, 0) is 16.2 Å². The molecule has 0 spiro atoms. The molecule has 0 radical (unpaired) electrons. The van der Waals surface area contributed by atoms with Gasteiger partial charge in [-0.1, -0.05) is 46.6 Å². The molecule has 0 atom stereocenters. The Hall–Kier alpha value is -2.24. The Bertz CT molecular complexity index is 762. The number of hydrogen-bond acceptors (Lipinski definition) is 5. The van der Waals surface area contributed by atoms with E-state index >= 15 is 0 Å². The SMILES string of the molecule is CON=C(C)C(=O)Oc1ccccc1COc1ccc(Cl)cc1Cl. The number of hydrogen-bond donors (Lipinski definition) is 0. The second-order valence-electron chi connectivity index (χ2n) is 4.72. The van der Waals surface area contributed by atoms with Crippen LogP contribution < -0.4 is 9.47 Å². The summed E-state index contributed by atoms with van der Waals surface area (Å²) >= 11 is 11.9. The number of rotatable bonds is 6. The predicted octanol–water partition coefficient (Wildman–Crippen LogP) is 4.50. The minimum absolute atomic E-state index is 0.106. The molecule has 0 aliphatic heterocycles. The van der Waals surface area contributed by atoms with Crippen molar-refractivity contribution in [3.63, 3.8) is 0 Å². The average Bonchev–Trinajstić information content (AvgIpc) is 2.55. The quantitative estimate of drug-likeness (QED) is 0.326. The summed E-state index contributed by atoms with van der Waals surface area (Å²) in [5.41, 5.74) is 0.788. The first-order valence-electron chi connectivity index (χ1n) is 6.97. The molecule has 0 saturated carbocycles. The van der Waals surface area contributed by atoms with Gasteiger partial charge in [0.2, 0.25) is 0 Å². The Morgan fingerprint density at radius 3 is 2.58 bits per heavy atom. The lowest BCUT2D eigenvalue weighted by molar-refractivity contribution is -0.127. The van der Waals surface area contributed by atoms with Crippen molar-refractivity contribution >= 4 is 34.9 Å². The molecule has 0 saturated heterocycles. The van der Waals surface area contributed by atoms with E-state index < -0.39 is 5.97 Å². The zero-order chi connectivity index (χ0) is 17.5. The van der Waals surface area contributed by atoms with E-state index in [4.69, 9.17) is 32.7 Å². The second-order valence-corrected chi connectivity index (χ2v) is 5.56. The van der Waals surface area contributed by atoms with Crippen LogP contribution in [0.1, 0.15) is 12.5 Å². The number of benzene rings is 2. The number of nitrogens with zero attached hydrogens (tertiary/aromatic N) is 1. The molecular weight excluding hydrogens is 353 g/mol. The van der Waals surface area contributed by atoms with Crippen molar-refractivity contribution in [2.24, 2.45) is 5.16 Å². The van der Waals surface area contributed by atoms with E-state index in [1.54, 1.807) is 36.4 Å². The molecule has 0 N–H and O–H groups in total. The van der Waals surface area contributed by atoms with Crippen LogP contribution in [0.5, 0.6) is 11.5 Å². The zero-order valence-electron chi connectivity index (χ0n) is 13.1. The van der Waals surface area contributed by atoms with Crippen LogP contribution in [-0.4, -0.2) is 18.8 Å². The number of carbonyl (C=O) groups excluding carboxylic acids is 1. The smallest absolute Gasteiger partial charge is 0.361 e. The van der Waals surface area contributed by atoms with Crippen LogP contribution in [0.25, 0.3) is 0 Å². The lowest BCUT2D eigenvalue weighted by Gasteiger charge is -2.12. The van der Waals surface area contributed by atoms with Gasteiger partial charge in [0, 0.05) is 10.6 Å². The van der Waals surface area contributed by atoms with Gasteiger partial charge in [0.05, 0.1) is 5.02 Å². The van der Waals surface area contributed by atoms with Gasteiger partial charge in [-0.25, -0.2) is 4.79 Å². The van der Waals surface area contributed by atoms with E-state index in [2.05, 4.69) is 9.99 Å². The molecule has 126 valence electrons. The molecule has 0 bridgehead atoms. The number of esters is 1. The molecule has 0 aliphatic rings. The maximum Gasteiger partial charge on any atom is 0.361 e. The summed E-state index contributed by atoms with van der Waals surface area (Å²) in [6.45, 7) is 1.67. The third kappa shape index (κ3) is 4.88. The maximum absolute atomic E-state index is 11.9. The molecule has 7 heteroatoms. The number of oxime groups is 1. The van der Waals surface area contributed by atoms with E-state index in [0.29, 0.717) is 27.1 Å². The number of ether oxygens (including phenoxy) is 2. The van der Waals surface area contributed by atoms with Crippen molar-refractivity contribution in [1.82, 2.24) is 0 Å². The number of para-hydroxylation sites is 1. The van der Waals surface area contributed by atoms with Crippen LogP contribution in [0.3, 0.4) is 0 Å². The van der Waals surface area contributed by atoms with Gasteiger partial charge in [-0.05, 0) is 31.2 Å². The van der Waals surface area contributed by atoms with Crippen LogP contribution in [0.4, 0.5) is 0 Å². The fraction of sp³-hybridized carbons (Fsp3) is 0.176. The van der Waals surface area contributed by atoms with Crippen LogP contribution >= 0.6 is 23.2 Å². The molecule has 0 amide bonds. The molecule has 0 unspecified atom stereocenters. The van der Waals surface area contributed by atoms with Crippen LogP contribution in [0.15, 0.2) is 47.6 Å². The number of halogens is 2. The van der Waals surface area contributed by atoms with Gasteiger partial charge in [-0.3, -0.25) is 0 Å². The van der Waals surface area contributed by atoms with Crippen molar-refractivity contribution in [3.05, 3.63) is 58.1 Å². The molecular formula is C17H15Cl2NO4. The second kappa shape index (κ2) is 8.57. The van der Waals surface area contributed by atoms with Crippen LogP contribution in [0.2, 0.25) is 10.0 Å². The molecule has 2 aromatic rings. The topological polar surface area (TPSA) is 57.1 Å². The summed E-state index contributed by atoms with van der Waals surface area (Å²) in [5.74, 6) is 0.256. The van der Waals surface area contributed by atoms with E-state index in [1.165, 1.54) is 14.0 Å². The first-order chi connectivity index (χ1) is 11.5. The highest BCUT2D eigenvalue weighted by Crippen LogP contribution is 2.29. The summed E-state index contributed by atoms with van der Waals surface area (Å²) in [6.07, 6.45) is 0. The third-order valence-electron chi connectivity index (χ3n) is 2.98. The van der Waals surface area contributed by atoms with Gasteiger partial charge < -0.3 is 14.3 Å². The summed E-state index contributed by atoms with van der Waals surface area (Å²) in [6, 6.07) is 12.0. The minimum Gasteiger partial charge on any atom is -0.487 e. The van der Waals surface area contributed by atoms with E-state index in [-0.39, 0.29) is 12.3 Å². The number of carbonyl (C=O) groups is 1. The molecule has 0 heterocycles. The molecule has 5 nitrogen and oxygen atoms in total. The zero-order valence-corrected chi connectivity index (χ0v) is 14.6. The largest absolute Gasteiger partial charge is 0.487 e. The van der Waals surface area contributed by atoms with Crippen molar-refractivity contribution in [2.75, 3.05) is 7.11 Å². The van der Waals surface area contributed by atoms with Crippen molar-refractivity contribution in [1.29, 1.82) is 0 Å². The van der Waals surface area contributed by atoms with Crippen LogP contribution in [0, 0.1) is 0 Å². The summed E-state index contributed by atoms with van der Waals surface area (Å²) in [4.78, 5) is 16.5. The van der Waals surface area contributed by atoms with Gasteiger partial charge in [-0.15, -0.1) is 0 Å². The Morgan fingerprint density at radius 1 is 1.12 bits per heavy atom. The van der Waals surface area contributed by atoms with Gasteiger partial charge >= 0.3 is 5.97 Å². The normalized spacial score (nSPS) is 11.1. The molecule has 0 fully saturated rings. The summed E-state index contributed by atoms with van der Waals surface area (Å²) in [7, 11) is 1.36. The summed E-state index contributed by atoms with van der Waals surface area (Å²) < 4.78 is 11.0. The lowest BCUT2D eigenvalue weighted by atomic mass is 10.2. The lowest BCUT2D eigenvalue weighted by Crippen LogP contribution is -2.18. The maximum atomic E-state index is 11.9. The molecule has 24 heavy (non-hydrogen) atoms. The highest BCUT2D eigenvalue weighted by molar-refractivity contribution is 6.36. The van der Waals surface area contributed by atoms with E-state index in [1.807, 2.05) is 6.07 Å². The fourth-order valence-corrected chi connectivity index (χ4v) is 2.28. The van der Waals surface area contributed by atoms with Gasteiger partial charge in [0.1, 0.15) is 25.2 Å². The molecule has 0 aromatic heterocycles. The Kier molecular flexibility index (Phi) is 6.46. The Morgan fingerprint density at radius 2 is 1.88 bits per heavy atom. The Labute approximate surface area is 149 Å². The van der Waals surface area contributed by atoms with Crippen molar-refractivity contribution < 1.29 is 19.1 Å². The monoisotopic (exact) mass is 367 g/mol. The van der Waals surface area contributed by atoms with Gasteiger partial charge in [-0.2, -0.15) is 0 Å². The third-order valence-corrected chi connectivity index (χ3v) is 3.51. The minimum atomic E-state index is -0.603. The fourth-order valence-electron chi connectivity index (χ4n) is 1.82. The standard InChI is InChI=1S/C17H15Cl2NO4/c1-11(20-22-2)17(21)24-15-6-4-3-5-12(15)10-23-16-8-7-13(18)9-14(16)19/h3-9H,10H2,1-2H3. The molecule has 0 aliphatic carbocycles. The van der Waals surface area contributed by atoms with Crippen molar-refractivity contribution in [3.8, 4) is 11.5 Å². The van der Waals surface area contributed by atoms with E-state index in [0.717, 1.165) is 0 Å². The van der Waals surface area contributed by atoms with Gasteiger partial charge in [0.25, 0.3) is 0 Å². The summed E-state index contributed by atoms with van der Waals surface area (Å²) in [5, 5.41) is 4.47. The molecule has 2 rings (SSSR count). The predicted molar refractivity (Wildman–Crippen MR) is 93.0 cm³/mol. The first kappa shape index (κ1) is 18.1. The van der Waals surface area contributed by atoms with E-state index in [9.17, 15) is 4.79 Å². The highest BCUT2D eigenvalue weighted by Gasteiger charge is 2.13. The molecule has 2 aromatic carbocycles. The average molecular weight is 368 g/mol. The Balaban J connectivity index is 2.11. The highest BCUT2D eigenvalue weighted by atomic mass is 35.5. The first-order valence-corrected chi connectivity index (χ1v) is 7.72. The van der Waals surface area contributed by atoms with Gasteiger partial charge in [0.15, 0.2) is 5.71 Å².